The van der Waals surface area contributed by atoms with Gasteiger partial charge in [0.1, 0.15) is 12.4 Å². The minimum absolute atomic E-state index is 0.0625. The van der Waals surface area contributed by atoms with Crippen molar-refractivity contribution in [3.05, 3.63) is 45.3 Å². The summed E-state index contributed by atoms with van der Waals surface area (Å²) in [6.45, 7) is 0. The first kappa shape index (κ1) is 9.78. The standard InChI is InChI=1S/C8H5BrN4O2/c9-7-2-1-3-10-8(7)12-5-6(4-11-12)13(14)15/h1-5H. The van der Waals surface area contributed by atoms with Crippen LogP contribution in [0.1, 0.15) is 0 Å². The highest BCUT2D eigenvalue weighted by molar-refractivity contribution is 9.10. The van der Waals surface area contributed by atoms with Gasteiger partial charge < -0.3 is 0 Å². The van der Waals surface area contributed by atoms with Crippen molar-refractivity contribution in [3.63, 3.8) is 0 Å². The number of hydrogen-bond acceptors (Lipinski definition) is 4. The molecule has 15 heavy (non-hydrogen) atoms. The van der Waals surface area contributed by atoms with E-state index in [1.165, 1.54) is 17.1 Å². The Morgan fingerprint density at radius 1 is 1.53 bits per heavy atom. The molecule has 0 spiro atoms. The quantitative estimate of drug-likeness (QED) is 0.616. The molecule has 0 aliphatic rings. The molecular weight excluding hydrogens is 264 g/mol. The summed E-state index contributed by atoms with van der Waals surface area (Å²) in [6, 6.07) is 3.54. The fraction of sp³-hybridized carbons (Fsp3) is 0. The summed E-state index contributed by atoms with van der Waals surface area (Å²) in [5.74, 6) is 0.519. The zero-order chi connectivity index (χ0) is 10.8. The fourth-order valence-corrected chi connectivity index (χ4v) is 1.51. The molecule has 7 heteroatoms. The van der Waals surface area contributed by atoms with Crippen molar-refractivity contribution >= 4 is 21.6 Å². The van der Waals surface area contributed by atoms with Gasteiger partial charge in [-0.15, -0.1) is 0 Å². The average molecular weight is 269 g/mol. The molecule has 6 nitrogen and oxygen atoms in total. The van der Waals surface area contributed by atoms with Crippen molar-refractivity contribution in [2.75, 3.05) is 0 Å². The second kappa shape index (κ2) is 3.77. The van der Waals surface area contributed by atoms with Gasteiger partial charge in [0.2, 0.25) is 0 Å². The number of hydrogen-bond donors (Lipinski definition) is 0. The van der Waals surface area contributed by atoms with Crippen LogP contribution in [0.15, 0.2) is 35.2 Å². The van der Waals surface area contributed by atoms with Crippen LogP contribution >= 0.6 is 15.9 Å². The van der Waals surface area contributed by atoms with Crippen molar-refractivity contribution < 1.29 is 4.92 Å². The zero-order valence-corrected chi connectivity index (χ0v) is 8.96. The van der Waals surface area contributed by atoms with Gasteiger partial charge in [0.05, 0.1) is 9.40 Å². The van der Waals surface area contributed by atoms with E-state index >= 15 is 0 Å². The van der Waals surface area contributed by atoms with E-state index in [0.29, 0.717) is 5.82 Å². The maximum absolute atomic E-state index is 10.5. The Morgan fingerprint density at radius 2 is 2.33 bits per heavy atom. The minimum Gasteiger partial charge on any atom is -0.258 e. The summed E-state index contributed by atoms with van der Waals surface area (Å²) in [4.78, 5) is 14.0. The smallest absolute Gasteiger partial charge is 0.258 e. The summed E-state index contributed by atoms with van der Waals surface area (Å²) in [6.07, 6.45) is 4.09. The Kier molecular flexibility index (Phi) is 2.46. The SMILES string of the molecule is O=[N+]([O-])c1cnn(-c2ncccc2Br)c1. The molecular formula is C8H5BrN4O2. The van der Waals surface area contributed by atoms with E-state index in [1.807, 2.05) is 0 Å². The molecule has 0 saturated heterocycles. The van der Waals surface area contributed by atoms with E-state index in [1.54, 1.807) is 18.3 Å². The van der Waals surface area contributed by atoms with Crippen LogP contribution in [0, 0.1) is 10.1 Å². The Bertz CT molecular complexity index is 511. The lowest BCUT2D eigenvalue weighted by Crippen LogP contribution is -1.98. The molecule has 0 N–H and O–H groups in total. The number of pyridine rings is 1. The van der Waals surface area contributed by atoms with Gasteiger partial charge in [0.25, 0.3) is 0 Å². The van der Waals surface area contributed by atoms with Gasteiger partial charge in [-0.05, 0) is 28.1 Å². The third kappa shape index (κ3) is 1.86. The second-order valence-electron chi connectivity index (χ2n) is 2.71. The maximum atomic E-state index is 10.5. The van der Waals surface area contributed by atoms with Crippen LogP contribution in [-0.2, 0) is 0 Å². The molecule has 0 aromatic carbocycles. The van der Waals surface area contributed by atoms with Gasteiger partial charge in [-0.3, -0.25) is 10.1 Å². The molecule has 0 aliphatic carbocycles. The van der Waals surface area contributed by atoms with Crippen LogP contribution in [0.3, 0.4) is 0 Å². The highest BCUT2D eigenvalue weighted by Gasteiger charge is 2.11. The number of aromatic nitrogens is 3. The average Bonchev–Trinajstić information content (AvgIpc) is 2.67. The summed E-state index contributed by atoms with van der Waals surface area (Å²) in [5.41, 5.74) is -0.0625. The second-order valence-corrected chi connectivity index (χ2v) is 3.56. The van der Waals surface area contributed by atoms with Crippen LogP contribution < -0.4 is 0 Å². The first-order valence-electron chi connectivity index (χ1n) is 3.98. The minimum atomic E-state index is -0.500. The maximum Gasteiger partial charge on any atom is 0.307 e. The Labute approximate surface area is 92.8 Å². The monoisotopic (exact) mass is 268 g/mol. The fourth-order valence-electron chi connectivity index (χ4n) is 1.07. The topological polar surface area (TPSA) is 73.8 Å². The van der Waals surface area contributed by atoms with Gasteiger partial charge in [0, 0.05) is 6.20 Å². The molecule has 0 bridgehead atoms. The first-order chi connectivity index (χ1) is 7.18. The van der Waals surface area contributed by atoms with Gasteiger partial charge in [0.15, 0.2) is 5.82 Å². The van der Waals surface area contributed by atoms with Crippen molar-refractivity contribution in [1.82, 2.24) is 14.8 Å². The molecule has 2 heterocycles. The van der Waals surface area contributed by atoms with Crippen molar-refractivity contribution in [2.24, 2.45) is 0 Å². The molecule has 76 valence electrons. The molecule has 2 aromatic heterocycles. The molecule has 0 atom stereocenters. The van der Waals surface area contributed by atoms with E-state index in [0.717, 1.165) is 4.47 Å². The van der Waals surface area contributed by atoms with Gasteiger partial charge >= 0.3 is 5.69 Å². The predicted octanol–water partition coefficient (Wildman–Crippen LogP) is 1.94. The van der Waals surface area contributed by atoms with Crippen molar-refractivity contribution in [2.45, 2.75) is 0 Å². The zero-order valence-electron chi connectivity index (χ0n) is 7.37. The molecule has 0 saturated carbocycles. The van der Waals surface area contributed by atoms with Gasteiger partial charge in [-0.2, -0.15) is 5.10 Å². The number of halogens is 1. The summed E-state index contributed by atoms with van der Waals surface area (Å²) in [7, 11) is 0. The Hall–Kier alpha value is -1.76. The van der Waals surface area contributed by atoms with E-state index < -0.39 is 4.92 Å². The lowest BCUT2D eigenvalue weighted by atomic mass is 10.5. The predicted molar refractivity (Wildman–Crippen MR) is 55.7 cm³/mol. The van der Waals surface area contributed by atoms with Crippen molar-refractivity contribution in [1.29, 1.82) is 0 Å². The normalized spacial score (nSPS) is 10.2. The van der Waals surface area contributed by atoms with Crippen LogP contribution in [0.2, 0.25) is 0 Å². The highest BCUT2D eigenvalue weighted by Crippen LogP contribution is 2.19. The van der Waals surface area contributed by atoms with Crippen LogP contribution in [0.5, 0.6) is 0 Å². The number of nitrogens with zero attached hydrogens (tertiary/aromatic N) is 4. The summed E-state index contributed by atoms with van der Waals surface area (Å²) in [5, 5.41) is 14.3. The molecule has 0 aliphatic heterocycles. The van der Waals surface area contributed by atoms with Gasteiger partial charge in [-0.1, -0.05) is 0 Å². The van der Waals surface area contributed by atoms with Crippen LogP contribution in [0.4, 0.5) is 5.69 Å². The number of rotatable bonds is 2. The van der Waals surface area contributed by atoms with E-state index in [4.69, 9.17) is 0 Å². The molecule has 2 rings (SSSR count). The van der Waals surface area contributed by atoms with Crippen molar-refractivity contribution in [3.8, 4) is 5.82 Å². The van der Waals surface area contributed by atoms with E-state index in [9.17, 15) is 10.1 Å². The molecule has 2 aromatic rings. The number of nitro groups is 1. The first-order valence-corrected chi connectivity index (χ1v) is 4.78. The van der Waals surface area contributed by atoms with Crippen LogP contribution in [0.25, 0.3) is 5.82 Å². The summed E-state index contributed by atoms with van der Waals surface area (Å²) < 4.78 is 2.07. The largest absolute Gasteiger partial charge is 0.307 e. The lowest BCUT2D eigenvalue weighted by Gasteiger charge is -2.00. The Morgan fingerprint density at radius 3 is 2.93 bits per heavy atom. The molecule has 0 fully saturated rings. The molecule has 0 radical (unpaired) electrons. The van der Waals surface area contributed by atoms with E-state index in [-0.39, 0.29) is 5.69 Å². The third-order valence-electron chi connectivity index (χ3n) is 1.74. The summed E-state index contributed by atoms with van der Waals surface area (Å²) >= 11 is 3.29. The highest BCUT2D eigenvalue weighted by atomic mass is 79.9. The molecule has 0 amide bonds. The molecule has 0 unspecified atom stereocenters. The third-order valence-corrected chi connectivity index (χ3v) is 2.35. The van der Waals surface area contributed by atoms with Gasteiger partial charge in [-0.25, -0.2) is 9.67 Å². The van der Waals surface area contributed by atoms with E-state index in [2.05, 4.69) is 26.0 Å². The lowest BCUT2D eigenvalue weighted by molar-refractivity contribution is -0.384. The Balaban J connectivity index is 2.46. The van der Waals surface area contributed by atoms with Crippen LogP contribution in [-0.4, -0.2) is 19.7 Å².